The summed E-state index contributed by atoms with van der Waals surface area (Å²) in [5.41, 5.74) is 4.46. The Bertz CT molecular complexity index is 889. The van der Waals surface area contributed by atoms with E-state index in [-0.39, 0.29) is 17.8 Å². The summed E-state index contributed by atoms with van der Waals surface area (Å²) in [5, 5.41) is 8.06. The van der Waals surface area contributed by atoms with Crippen molar-refractivity contribution in [2.24, 2.45) is 0 Å². The number of halogens is 1. The van der Waals surface area contributed by atoms with E-state index >= 15 is 0 Å². The number of fused-ring (bicyclic) bond motifs is 2. The standard InChI is InChI=1S/C21H26FN5O/c22-17-4-3-15-5-7-25(12-16(15)10-17)13-18-11-19-14-26(8-9-27(19)24-18)21(28)20-2-1-6-23-20/h3-4,10-11,20,23H,1-2,5-9,12-14H2/t20-/m0/s1. The highest BCUT2D eigenvalue weighted by Gasteiger charge is 2.30. The van der Waals surface area contributed by atoms with Gasteiger partial charge in [0.15, 0.2) is 0 Å². The van der Waals surface area contributed by atoms with Crippen LogP contribution in [0.5, 0.6) is 0 Å². The van der Waals surface area contributed by atoms with Crippen LogP contribution in [-0.2, 0) is 37.4 Å². The second-order valence-corrected chi connectivity index (χ2v) is 8.13. The normalized spacial score (nSPS) is 22.2. The number of carbonyl (C=O) groups excluding carboxylic acids is 1. The van der Waals surface area contributed by atoms with Crippen LogP contribution in [0.4, 0.5) is 4.39 Å². The molecule has 6 nitrogen and oxygen atoms in total. The average Bonchev–Trinajstić information content (AvgIpc) is 3.36. The first-order valence-electron chi connectivity index (χ1n) is 10.2. The Balaban J connectivity index is 1.25. The zero-order valence-electron chi connectivity index (χ0n) is 16.0. The first kappa shape index (κ1) is 17.8. The van der Waals surface area contributed by atoms with Gasteiger partial charge in [-0.15, -0.1) is 0 Å². The van der Waals surface area contributed by atoms with Crippen LogP contribution in [-0.4, -0.2) is 51.2 Å². The van der Waals surface area contributed by atoms with E-state index in [0.29, 0.717) is 6.54 Å². The molecule has 4 heterocycles. The smallest absolute Gasteiger partial charge is 0.240 e. The number of benzene rings is 1. The molecule has 1 aromatic carbocycles. The van der Waals surface area contributed by atoms with Gasteiger partial charge in [0.2, 0.25) is 5.91 Å². The molecule has 28 heavy (non-hydrogen) atoms. The Hall–Kier alpha value is -2.25. The van der Waals surface area contributed by atoms with Crippen molar-refractivity contribution in [3.05, 3.63) is 52.6 Å². The van der Waals surface area contributed by atoms with Crippen molar-refractivity contribution in [1.29, 1.82) is 0 Å². The average molecular weight is 383 g/mol. The lowest BCUT2D eigenvalue weighted by molar-refractivity contribution is -0.134. The first-order chi connectivity index (χ1) is 13.7. The minimum absolute atomic E-state index is 0.0113. The van der Waals surface area contributed by atoms with Crippen molar-refractivity contribution >= 4 is 5.91 Å². The first-order valence-corrected chi connectivity index (χ1v) is 10.2. The van der Waals surface area contributed by atoms with E-state index < -0.39 is 0 Å². The topological polar surface area (TPSA) is 53.4 Å². The molecule has 7 heteroatoms. The molecule has 0 unspecified atom stereocenters. The number of amides is 1. The summed E-state index contributed by atoms with van der Waals surface area (Å²) in [4.78, 5) is 17.0. The van der Waals surface area contributed by atoms with Gasteiger partial charge < -0.3 is 10.2 Å². The summed E-state index contributed by atoms with van der Waals surface area (Å²) in [5.74, 6) is 0.0562. The maximum absolute atomic E-state index is 13.5. The minimum atomic E-state index is -0.167. The molecule has 3 aliphatic rings. The fourth-order valence-corrected chi connectivity index (χ4v) is 4.66. The summed E-state index contributed by atoms with van der Waals surface area (Å²) in [6.45, 7) is 5.52. The number of hydrogen-bond donors (Lipinski definition) is 1. The highest BCUT2D eigenvalue weighted by Crippen LogP contribution is 2.23. The van der Waals surface area contributed by atoms with Crippen molar-refractivity contribution < 1.29 is 9.18 Å². The van der Waals surface area contributed by atoms with E-state index in [9.17, 15) is 9.18 Å². The molecule has 1 saturated heterocycles. The maximum Gasteiger partial charge on any atom is 0.240 e. The molecule has 1 fully saturated rings. The van der Waals surface area contributed by atoms with Gasteiger partial charge in [0.25, 0.3) is 0 Å². The fourth-order valence-electron chi connectivity index (χ4n) is 4.66. The lowest BCUT2D eigenvalue weighted by Crippen LogP contribution is -2.46. The molecule has 0 radical (unpaired) electrons. The molecule has 0 saturated carbocycles. The van der Waals surface area contributed by atoms with Gasteiger partial charge in [-0.25, -0.2) is 4.39 Å². The van der Waals surface area contributed by atoms with Crippen LogP contribution in [0.2, 0.25) is 0 Å². The molecule has 1 N–H and O–H groups in total. The Morgan fingerprint density at radius 2 is 2.11 bits per heavy atom. The summed E-state index contributed by atoms with van der Waals surface area (Å²) < 4.78 is 15.6. The monoisotopic (exact) mass is 383 g/mol. The quantitative estimate of drug-likeness (QED) is 0.876. The van der Waals surface area contributed by atoms with E-state index in [1.54, 1.807) is 12.1 Å². The molecule has 1 atom stereocenters. The number of nitrogens with zero attached hydrogens (tertiary/aromatic N) is 4. The summed E-state index contributed by atoms with van der Waals surface area (Å²) in [6.07, 6.45) is 2.96. The third kappa shape index (κ3) is 3.44. The fraction of sp³-hybridized carbons (Fsp3) is 0.524. The van der Waals surface area contributed by atoms with Gasteiger partial charge in [0, 0.05) is 26.2 Å². The van der Waals surface area contributed by atoms with E-state index in [4.69, 9.17) is 5.10 Å². The van der Waals surface area contributed by atoms with Crippen LogP contribution >= 0.6 is 0 Å². The van der Waals surface area contributed by atoms with Crippen LogP contribution in [0.3, 0.4) is 0 Å². The Morgan fingerprint density at radius 3 is 2.96 bits per heavy atom. The molecule has 5 rings (SSSR count). The largest absolute Gasteiger partial charge is 0.334 e. The lowest BCUT2D eigenvalue weighted by Gasteiger charge is -2.29. The predicted octanol–water partition coefficient (Wildman–Crippen LogP) is 1.67. The summed E-state index contributed by atoms with van der Waals surface area (Å²) in [6, 6.07) is 7.22. The molecule has 1 amide bonds. The number of hydrogen-bond acceptors (Lipinski definition) is 4. The molecule has 0 spiro atoms. The highest BCUT2D eigenvalue weighted by molar-refractivity contribution is 5.82. The SMILES string of the molecule is O=C([C@@H]1CCCN1)N1CCn2nc(CN3CCc4ccc(F)cc4C3)cc2C1. The van der Waals surface area contributed by atoms with E-state index in [2.05, 4.69) is 16.3 Å². The Labute approximate surface area is 164 Å². The van der Waals surface area contributed by atoms with Crippen LogP contribution in [0.1, 0.15) is 35.4 Å². The number of carbonyl (C=O) groups is 1. The summed E-state index contributed by atoms with van der Waals surface area (Å²) in [7, 11) is 0. The second-order valence-electron chi connectivity index (χ2n) is 8.13. The molecule has 0 bridgehead atoms. The van der Waals surface area contributed by atoms with Gasteiger partial charge in [-0.2, -0.15) is 5.10 Å². The zero-order chi connectivity index (χ0) is 19.1. The van der Waals surface area contributed by atoms with Crippen LogP contribution in [0.15, 0.2) is 24.3 Å². The lowest BCUT2D eigenvalue weighted by atomic mass is 9.99. The van der Waals surface area contributed by atoms with Crippen molar-refractivity contribution in [2.45, 2.75) is 51.5 Å². The van der Waals surface area contributed by atoms with E-state index in [1.165, 1.54) is 5.56 Å². The molecule has 0 aliphatic carbocycles. The van der Waals surface area contributed by atoms with Crippen molar-refractivity contribution in [3.8, 4) is 0 Å². The second kappa shape index (κ2) is 7.29. The predicted molar refractivity (Wildman–Crippen MR) is 103 cm³/mol. The molecule has 2 aromatic rings. The summed E-state index contributed by atoms with van der Waals surface area (Å²) >= 11 is 0. The minimum Gasteiger partial charge on any atom is -0.334 e. The van der Waals surface area contributed by atoms with Gasteiger partial charge in [0.1, 0.15) is 5.82 Å². The van der Waals surface area contributed by atoms with Crippen LogP contribution < -0.4 is 5.32 Å². The molecule has 3 aliphatic heterocycles. The van der Waals surface area contributed by atoms with Gasteiger partial charge >= 0.3 is 0 Å². The Morgan fingerprint density at radius 1 is 1.18 bits per heavy atom. The van der Waals surface area contributed by atoms with Gasteiger partial charge in [-0.1, -0.05) is 6.07 Å². The zero-order valence-corrected chi connectivity index (χ0v) is 16.0. The third-order valence-electron chi connectivity index (χ3n) is 6.16. The van der Waals surface area contributed by atoms with Gasteiger partial charge in [0.05, 0.1) is 30.5 Å². The highest BCUT2D eigenvalue weighted by atomic mass is 19.1. The van der Waals surface area contributed by atoms with E-state index in [0.717, 1.165) is 75.5 Å². The van der Waals surface area contributed by atoms with E-state index in [1.807, 2.05) is 15.6 Å². The van der Waals surface area contributed by atoms with Crippen molar-refractivity contribution in [2.75, 3.05) is 19.6 Å². The molecule has 1 aromatic heterocycles. The molecule has 148 valence electrons. The number of nitrogens with one attached hydrogen (secondary N) is 1. The van der Waals surface area contributed by atoms with Crippen molar-refractivity contribution in [1.82, 2.24) is 24.9 Å². The molecular formula is C21H26FN5O. The number of rotatable bonds is 3. The van der Waals surface area contributed by atoms with Crippen LogP contribution in [0, 0.1) is 5.82 Å². The Kier molecular flexibility index (Phi) is 4.64. The third-order valence-corrected chi connectivity index (χ3v) is 6.16. The van der Waals surface area contributed by atoms with Crippen LogP contribution in [0.25, 0.3) is 0 Å². The van der Waals surface area contributed by atoms with Crippen molar-refractivity contribution in [3.63, 3.8) is 0 Å². The number of aromatic nitrogens is 2. The molecular weight excluding hydrogens is 357 g/mol. The maximum atomic E-state index is 13.5. The van der Waals surface area contributed by atoms with Gasteiger partial charge in [-0.3, -0.25) is 14.4 Å². The van der Waals surface area contributed by atoms with Gasteiger partial charge in [-0.05, 0) is 55.1 Å².